The van der Waals surface area contributed by atoms with Crippen LogP contribution in [0.1, 0.15) is 34.1 Å². The van der Waals surface area contributed by atoms with E-state index in [4.69, 9.17) is 4.74 Å². The van der Waals surface area contributed by atoms with E-state index in [9.17, 15) is 13.2 Å². The van der Waals surface area contributed by atoms with Crippen LogP contribution in [-0.4, -0.2) is 43.4 Å². The van der Waals surface area contributed by atoms with E-state index < -0.39 is 9.84 Å². The van der Waals surface area contributed by atoms with Crippen molar-refractivity contribution < 1.29 is 17.9 Å². The van der Waals surface area contributed by atoms with Gasteiger partial charge in [0.05, 0.1) is 30.2 Å². The van der Waals surface area contributed by atoms with Crippen molar-refractivity contribution >= 4 is 27.1 Å². The third-order valence-corrected chi connectivity index (χ3v) is 7.37. The molecule has 0 saturated carbocycles. The Labute approximate surface area is 158 Å². The van der Waals surface area contributed by atoms with E-state index in [0.29, 0.717) is 30.9 Å². The minimum atomic E-state index is -3.09. The van der Waals surface area contributed by atoms with Gasteiger partial charge in [-0.1, -0.05) is 12.1 Å². The second kappa shape index (κ2) is 7.80. The summed E-state index contributed by atoms with van der Waals surface area (Å²) >= 11 is 1.59. The fourth-order valence-electron chi connectivity index (χ4n) is 3.19. The lowest BCUT2D eigenvalue weighted by Gasteiger charge is -2.29. The summed E-state index contributed by atoms with van der Waals surface area (Å²) in [6.07, 6.45) is 0.481. The maximum absolute atomic E-state index is 13.3. The minimum Gasteiger partial charge on any atom is -0.493 e. The molecule has 2 aromatic rings. The van der Waals surface area contributed by atoms with E-state index in [1.54, 1.807) is 34.4 Å². The maximum atomic E-state index is 13.3. The second-order valence-corrected chi connectivity index (χ2v) is 9.68. The van der Waals surface area contributed by atoms with Gasteiger partial charge in [0.15, 0.2) is 9.84 Å². The van der Waals surface area contributed by atoms with Crippen molar-refractivity contribution in [3.05, 3.63) is 51.7 Å². The van der Waals surface area contributed by atoms with Gasteiger partial charge >= 0.3 is 0 Å². The lowest BCUT2D eigenvalue weighted by Crippen LogP contribution is -2.40. The normalized spacial score (nSPS) is 18.6. The molecule has 7 heteroatoms. The van der Waals surface area contributed by atoms with Crippen molar-refractivity contribution in [3.8, 4) is 5.75 Å². The number of hydrogen-bond acceptors (Lipinski definition) is 5. The molecule has 0 aliphatic carbocycles. The van der Waals surface area contributed by atoms with Crippen LogP contribution in [0.2, 0.25) is 0 Å². The largest absolute Gasteiger partial charge is 0.493 e. The molecular weight excluding hydrogens is 370 g/mol. The summed E-state index contributed by atoms with van der Waals surface area (Å²) in [7, 11) is -3.09. The topological polar surface area (TPSA) is 63.7 Å². The Balaban J connectivity index is 1.95. The lowest BCUT2D eigenvalue weighted by molar-refractivity contribution is 0.0678. The molecule has 1 amide bonds. The molecule has 0 unspecified atom stereocenters. The predicted molar refractivity (Wildman–Crippen MR) is 104 cm³/mol. The smallest absolute Gasteiger partial charge is 0.258 e. The summed E-state index contributed by atoms with van der Waals surface area (Å²) in [5.74, 6) is 0.524. The molecule has 5 nitrogen and oxygen atoms in total. The highest BCUT2D eigenvalue weighted by Gasteiger charge is 2.36. The number of carbonyl (C=O) groups is 1. The monoisotopic (exact) mass is 393 g/mol. The van der Waals surface area contributed by atoms with E-state index in [1.165, 1.54) is 0 Å². The first-order valence-corrected chi connectivity index (χ1v) is 11.4. The van der Waals surface area contributed by atoms with Gasteiger partial charge in [-0.3, -0.25) is 4.79 Å². The Morgan fingerprint density at radius 3 is 2.69 bits per heavy atom. The third kappa shape index (κ3) is 4.10. The number of ether oxygens (including phenoxy) is 1. The summed E-state index contributed by atoms with van der Waals surface area (Å²) in [6.45, 7) is 4.76. The SMILES string of the molecule is CCOc1ccccc1C(=O)N(Cc1sccc1C)[C@@H]1CCS(=O)(=O)C1. The molecule has 1 aromatic carbocycles. The van der Waals surface area contributed by atoms with E-state index in [2.05, 4.69) is 0 Å². The first kappa shape index (κ1) is 18.9. The van der Waals surface area contributed by atoms with Crippen molar-refractivity contribution in [2.75, 3.05) is 18.1 Å². The summed E-state index contributed by atoms with van der Waals surface area (Å²) in [6, 6.07) is 8.86. The third-order valence-electron chi connectivity index (χ3n) is 4.61. The van der Waals surface area contributed by atoms with Gasteiger partial charge in [-0.2, -0.15) is 0 Å². The molecule has 0 N–H and O–H groups in total. The Bertz CT molecular complexity index is 888. The zero-order chi connectivity index (χ0) is 18.7. The Morgan fingerprint density at radius 2 is 2.08 bits per heavy atom. The molecule has 0 bridgehead atoms. The Kier molecular flexibility index (Phi) is 5.67. The van der Waals surface area contributed by atoms with Crippen LogP contribution >= 0.6 is 11.3 Å². The van der Waals surface area contributed by atoms with Crippen molar-refractivity contribution in [2.24, 2.45) is 0 Å². The van der Waals surface area contributed by atoms with Crippen LogP contribution in [0.3, 0.4) is 0 Å². The van der Waals surface area contributed by atoms with Gasteiger partial charge in [-0.15, -0.1) is 11.3 Å². The molecule has 0 radical (unpaired) electrons. The lowest BCUT2D eigenvalue weighted by atomic mass is 10.1. The molecule has 2 heterocycles. The average Bonchev–Trinajstić information content (AvgIpc) is 3.18. The average molecular weight is 394 g/mol. The van der Waals surface area contributed by atoms with Crippen molar-refractivity contribution in [1.82, 2.24) is 4.90 Å². The van der Waals surface area contributed by atoms with Gasteiger partial charge < -0.3 is 9.64 Å². The molecule has 1 saturated heterocycles. The number of rotatable bonds is 6. The van der Waals surface area contributed by atoms with Gasteiger partial charge in [0.25, 0.3) is 5.91 Å². The van der Waals surface area contributed by atoms with Crippen molar-refractivity contribution in [3.63, 3.8) is 0 Å². The van der Waals surface area contributed by atoms with E-state index in [-0.39, 0.29) is 23.5 Å². The molecule has 1 atom stereocenters. The number of carbonyl (C=O) groups excluding carboxylic acids is 1. The van der Waals surface area contributed by atoms with Crippen molar-refractivity contribution in [2.45, 2.75) is 32.9 Å². The summed E-state index contributed by atoms with van der Waals surface area (Å²) < 4.78 is 29.6. The quantitative estimate of drug-likeness (QED) is 0.755. The van der Waals surface area contributed by atoms with Crippen LogP contribution in [0.15, 0.2) is 35.7 Å². The molecule has 3 rings (SSSR count). The second-order valence-electron chi connectivity index (χ2n) is 6.45. The first-order chi connectivity index (χ1) is 12.4. The van der Waals surface area contributed by atoms with Gasteiger partial charge in [-0.25, -0.2) is 8.42 Å². The Hall–Kier alpha value is -1.86. The number of sulfone groups is 1. The predicted octanol–water partition coefficient (Wildman–Crippen LogP) is 3.28. The first-order valence-electron chi connectivity index (χ1n) is 8.67. The zero-order valence-corrected chi connectivity index (χ0v) is 16.6. The summed E-state index contributed by atoms with van der Waals surface area (Å²) in [5.41, 5.74) is 1.60. The number of para-hydroxylation sites is 1. The molecule has 26 heavy (non-hydrogen) atoms. The van der Waals surface area contributed by atoms with Gasteiger partial charge in [0.1, 0.15) is 5.75 Å². The van der Waals surface area contributed by atoms with Crippen LogP contribution in [0.5, 0.6) is 5.75 Å². The fraction of sp³-hybridized carbons (Fsp3) is 0.421. The molecule has 1 aromatic heterocycles. The molecule has 1 aliphatic heterocycles. The number of nitrogens with zero attached hydrogens (tertiary/aromatic N) is 1. The number of thiophene rings is 1. The molecule has 1 aliphatic rings. The van der Waals surface area contributed by atoms with Gasteiger partial charge in [0, 0.05) is 10.9 Å². The van der Waals surface area contributed by atoms with Crippen LogP contribution in [0.4, 0.5) is 0 Å². The van der Waals surface area contributed by atoms with Crippen molar-refractivity contribution in [1.29, 1.82) is 0 Å². The van der Waals surface area contributed by atoms with Crippen LogP contribution < -0.4 is 4.74 Å². The number of hydrogen-bond donors (Lipinski definition) is 0. The molecule has 1 fully saturated rings. The van der Waals surface area contributed by atoms with Crippen LogP contribution in [0, 0.1) is 6.92 Å². The van der Waals surface area contributed by atoms with E-state index in [1.807, 2.05) is 31.4 Å². The number of amides is 1. The van der Waals surface area contributed by atoms with Crippen LogP contribution in [-0.2, 0) is 16.4 Å². The molecule has 0 spiro atoms. The summed E-state index contributed by atoms with van der Waals surface area (Å²) in [4.78, 5) is 16.1. The van der Waals surface area contributed by atoms with Gasteiger partial charge in [0.2, 0.25) is 0 Å². The minimum absolute atomic E-state index is 0.0277. The Morgan fingerprint density at radius 1 is 1.31 bits per heavy atom. The van der Waals surface area contributed by atoms with E-state index in [0.717, 1.165) is 10.4 Å². The highest BCUT2D eigenvalue weighted by molar-refractivity contribution is 7.91. The van der Waals surface area contributed by atoms with Crippen LogP contribution in [0.25, 0.3) is 0 Å². The highest BCUT2D eigenvalue weighted by Crippen LogP contribution is 2.28. The molecular formula is C19H23NO4S2. The van der Waals surface area contributed by atoms with E-state index >= 15 is 0 Å². The van der Waals surface area contributed by atoms with Gasteiger partial charge in [-0.05, 0) is 49.4 Å². The zero-order valence-electron chi connectivity index (χ0n) is 15.0. The number of benzene rings is 1. The summed E-state index contributed by atoms with van der Waals surface area (Å²) in [5, 5.41) is 1.99. The highest BCUT2D eigenvalue weighted by atomic mass is 32.2. The fourth-order valence-corrected chi connectivity index (χ4v) is 5.82. The number of aryl methyl sites for hydroxylation is 1. The maximum Gasteiger partial charge on any atom is 0.258 e. The molecule has 140 valence electrons. The standard InChI is InChI=1S/C19H23NO4S2/c1-3-24-17-7-5-4-6-16(17)19(21)20(12-18-14(2)8-10-25-18)15-9-11-26(22,23)13-15/h4-8,10,15H,3,9,11-13H2,1-2H3/t15-/m1/s1.